The molecule has 1 aromatic carbocycles. The summed E-state index contributed by atoms with van der Waals surface area (Å²) in [7, 11) is 0. The van der Waals surface area contributed by atoms with Gasteiger partial charge < -0.3 is 10.1 Å². The molecule has 0 bridgehead atoms. The van der Waals surface area contributed by atoms with Crippen molar-refractivity contribution in [2.45, 2.75) is 64.6 Å². The van der Waals surface area contributed by atoms with Crippen LogP contribution < -0.4 is 5.32 Å². The highest BCUT2D eigenvalue weighted by atomic mass is 16.6. The molecule has 3 atom stereocenters. The molecule has 0 aliphatic carbocycles. The Kier molecular flexibility index (Phi) is 6.14. The Bertz CT molecular complexity index is 718. The molecule has 1 N–H and O–H groups in total. The predicted octanol–water partition coefficient (Wildman–Crippen LogP) is 3.18. The molecule has 2 amide bonds. The first-order valence-corrected chi connectivity index (χ1v) is 9.95. The number of rotatable bonds is 8. The molecule has 2 aliphatic rings. The third kappa shape index (κ3) is 3.99. The molecule has 0 aromatic heterocycles. The third-order valence-corrected chi connectivity index (χ3v) is 5.58. The SMILES string of the molecule is CCCC[C@@H](CC)CNC(=O)[C@H]1CCC(=O)N1[C@H]1OC(=O)c2ccccc21. The van der Waals surface area contributed by atoms with E-state index in [4.69, 9.17) is 4.74 Å². The molecule has 27 heavy (non-hydrogen) atoms. The van der Waals surface area contributed by atoms with Gasteiger partial charge in [-0.05, 0) is 24.8 Å². The Morgan fingerprint density at radius 3 is 2.81 bits per heavy atom. The van der Waals surface area contributed by atoms with Crippen LogP contribution in [0, 0.1) is 5.92 Å². The number of carbonyl (C=O) groups is 3. The van der Waals surface area contributed by atoms with Crippen molar-refractivity contribution in [1.82, 2.24) is 10.2 Å². The number of carbonyl (C=O) groups excluding carboxylic acids is 3. The lowest BCUT2D eigenvalue weighted by Gasteiger charge is -2.29. The van der Waals surface area contributed by atoms with Crippen LogP contribution in [-0.2, 0) is 14.3 Å². The molecule has 0 radical (unpaired) electrons. The largest absolute Gasteiger partial charge is 0.433 e. The molecule has 3 rings (SSSR count). The molecule has 0 unspecified atom stereocenters. The summed E-state index contributed by atoms with van der Waals surface area (Å²) < 4.78 is 5.45. The maximum atomic E-state index is 12.8. The average Bonchev–Trinajstić information content (AvgIpc) is 3.22. The lowest BCUT2D eigenvalue weighted by atomic mass is 9.99. The fourth-order valence-electron chi connectivity index (χ4n) is 3.89. The van der Waals surface area contributed by atoms with Crippen LogP contribution in [0.2, 0.25) is 0 Å². The van der Waals surface area contributed by atoms with E-state index < -0.39 is 18.2 Å². The summed E-state index contributed by atoms with van der Waals surface area (Å²) in [5, 5.41) is 3.02. The van der Waals surface area contributed by atoms with Gasteiger partial charge in [-0.25, -0.2) is 4.79 Å². The summed E-state index contributed by atoms with van der Waals surface area (Å²) in [5.74, 6) is -0.302. The van der Waals surface area contributed by atoms with Crippen molar-refractivity contribution in [1.29, 1.82) is 0 Å². The second-order valence-electron chi connectivity index (χ2n) is 7.36. The van der Waals surface area contributed by atoms with E-state index in [2.05, 4.69) is 19.2 Å². The highest BCUT2D eigenvalue weighted by Crippen LogP contribution is 2.38. The van der Waals surface area contributed by atoms with E-state index in [0.717, 1.165) is 25.7 Å². The van der Waals surface area contributed by atoms with Gasteiger partial charge in [0.1, 0.15) is 6.04 Å². The molecule has 6 nitrogen and oxygen atoms in total. The Balaban J connectivity index is 1.70. The fourth-order valence-corrected chi connectivity index (χ4v) is 3.89. The van der Waals surface area contributed by atoms with Crippen LogP contribution in [0.5, 0.6) is 0 Å². The van der Waals surface area contributed by atoms with Crippen LogP contribution in [0.15, 0.2) is 24.3 Å². The summed E-state index contributed by atoms with van der Waals surface area (Å²) in [5.41, 5.74) is 1.12. The van der Waals surface area contributed by atoms with Gasteiger partial charge in [-0.1, -0.05) is 51.3 Å². The topological polar surface area (TPSA) is 75.7 Å². The summed E-state index contributed by atoms with van der Waals surface area (Å²) in [6.07, 6.45) is 4.34. The lowest BCUT2D eigenvalue weighted by molar-refractivity contribution is -0.145. The first kappa shape index (κ1) is 19.4. The maximum absolute atomic E-state index is 12.8. The van der Waals surface area contributed by atoms with Crippen LogP contribution in [0.1, 0.15) is 74.5 Å². The number of ether oxygens (including phenoxy) is 1. The van der Waals surface area contributed by atoms with Crippen molar-refractivity contribution in [3.8, 4) is 0 Å². The number of hydrogen-bond donors (Lipinski definition) is 1. The number of esters is 1. The van der Waals surface area contributed by atoms with Gasteiger partial charge in [0.25, 0.3) is 0 Å². The number of cyclic esters (lactones) is 1. The minimum atomic E-state index is -0.804. The fraction of sp³-hybridized carbons (Fsp3) is 0.571. The number of nitrogens with zero attached hydrogens (tertiary/aromatic N) is 1. The molecule has 1 aromatic rings. The van der Waals surface area contributed by atoms with Crippen LogP contribution >= 0.6 is 0 Å². The molecular weight excluding hydrogens is 344 g/mol. The van der Waals surface area contributed by atoms with Crippen molar-refractivity contribution < 1.29 is 19.1 Å². The van der Waals surface area contributed by atoms with E-state index >= 15 is 0 Å². The number of nitrogens with one attached hydrogen (secondary N) is 1. The Morgan fingerprint density at radius 1 is 1.30 bits per heavy atom. The van der Waals surface area contributed by atoms with E-state index in [1.165, 1.54) is 4.90 Å². The van der Waals surface area contributed by atoms with E-state index in [-0.39, 0.29) is 11.8 Å². The van der Waals surface area contributed by atoms with Gasteiger partial charge in [0, 0.05) is 18.5 Å². The Hall–Kier alpha value is -2.37. The van der Waals surface area contributed by atoms with Gasteiger partial charge in [-0.15, -0.1) is 0 Å². The third-order valence-electron chi connectivity index (χ3n) is 5.58. The molecule has 6 heteroatoms. The first-order valence-electron chi connectivity index (χ1n) is 9.95. The Morgan fingerprint density at radius 2 is 2.07 bits per heavy atom. The standard InChI is InChI=1S/C21H28N2O4/c1-3-5-8-14(4-2)13-22-19(25)17-11-12-18(24)23(17)20-15-9-6-7-10-16(15)21(26)27-20/h6-7,9-10,14,17,20H,3-5,8,11-13H2,1-2H3,(H,22,25)/t14-,17-,20+/m1/s1. The smallest absolute Gasteiger partial charge is 0.340 e. The second-order valence-corrected chi connectivity index (χ2v) is 7.36. The van der Waals surface area contributed by atoms with Crippen molar-refractivity contribution in [2.24, 2.45) is 5.92 Å². The Labute approximate surface area is 160 Å². The zero-order valence-electron chi connectivity index (χ0n) is 16.1. The highest BCUT2D eigenvalue weighted by Gasteiger charge is 2.46. The molecule has 2 aliphatic heterocycles. The van der Waals surface area contributed by atoms with Crippen molar-refractivity contribution in [3.63, 3.8) is 0 Å². The minimum Gasteiger partial charge on any atom is -0.433 e. The lowest BCUT2D eigenvalue weighted by Crippen LogP contribution is -2.47. The number of unbranched alkanes of at least 4 members (excludes halogenated alkanes) is 1. The van der Waals surface area contributed by atoms with E-state index in [0.29, 0.717) is 36.4 Å². The second kappa shape index (κ2) is 8.55. The molecule has 1 fully saturated rings. The number of amides is 2. The van der Waals surface area contributed by atoms with Crippen LogP contribution in [0.3, 0.4) is 0 Å². The quantitative estimate of drug-likeness (QED) is 0.711. The van der Waals surface area contributed by atoms with E-state index in [9.17, 15) is 14.4 Å². The summed E-state index contributed by atoms with van der Waals surface area (Å²) in [4.78, 5) is 38.8. The molecule has 2 heterocycles. The first-order chi connectivity index (χ1) is 13.1. The van der Waals surface area contributed by atoms with E-state index in [1.807, 2.05) is 6.07 Å². The van der Waals surface area contributed by atoms with Gasteiger partial charge in [0.2, 0.25) is 18.0 Å². The van der Waals surface area contributed by atoms with Gasteiger partial charge in [-0.2, -0.15) is 0 Å². The zero-order chi connectivity index (χ0) is 19.4. The van der Waals surface area contributed by atoms with Crippen molar-refractivity contribution >= 4 is 17.8 Å². The summed E-state index contributed by atoms with van der Waals surface area (Å²) in [6, 6.07) is 6.45. The maximum Gasteiger partial charge on any atom is 0.340 e. The highest BCUT2D eigenvalue weighted by molar-refractivity contribution is 5.96. The number of likely N-dealkylation sites (tertiary alicyclic amines) is 1. The molecule has 0 spiro atoms. The molecule has 0 saturated carbocycles. The van der Waals surface area contributed by atoms with Crippen molar-refractivity contribution in [3.05, 3.63) is 35.4 Å². The van der Waals surface area contributed by atoms with E-state index in [1.54, 1.807) is 18.2 Å². The average molecular weight is 372 g/mol. The number of benzene rings is 1. The van der Waals surface area contributed by atoms with Crippen LogP contribution in [0.4, 0.5) is 0 Å². The van der Waals surface area contributed by atoms with Gasteiger partial charge in [0.05, 0.1) is 5.56 Å². The summed E-state index contributed by atoms with van der Waals surface area (Å²) >= 11 is 0. The van der Waals surface area contributed by atoms with Crippen molar-refractivity contribution in [2.75, 3.05) is 6.54 Å². The predicted molar refractivity (Wildman–Crippen MR) is 101 cm³/mol. The molecule has 1 saturated heterocycles. The van der Waals surface area contributed by atoms with Crippen LogP contribution in [0.25, 0.3) is 0 Å². The molecule has 146 valence electrons. The number of fused-ring (bicyclic) bond motifs is 1. The van der Waals surface area contributed by atoms with Gasteiger partial charge >= 0.3 is 5.97 Å². The molecular formula is C21H28N2O4. The normalized spacial score (nSPS) is 22.5. The van der Waals surface area contributed by atoms with Gasteiger partial charge in [-0.3, -0.25) is 14.5 Å². The monoisotopic (exact) mass is 372 g/mol. The van der Waals surface area contributed by atoms with Gasteiger partial charge in [0.15, 0.2) is 0 Å². The van der Waals surface area contributed by atoms with Crippen LogP contribution in [-0.4, -0.2) is 35.3 Å². The zero-order valence-corrected chi connectivity index (χ0v) is 16.1. The summed E-state index contributed by atoms with van der Waals surface area (Å²) in [6.45, 7) is 4.91. The number of hydrogen-bond acceptors (Lipinski definition) is 4. The minimum absolute atomic E-state index is 0.150.